The van der Waals surface area contributed by atoms with E-state index in [9.17, 15) is 0 Å². The zero-order chi connectivity index (χ0) is 29.5. The van der Waals surface area contributed by atoms with Crippen molar-refractivity contribution < 1.29 is 42.2 Å². The van der Waals surface area contributed by atoms with Crippen molar-refractivity contribution in [3.8, 4) is 5.75 Å². The molecule has 4 saturated carbocycles. The van der Waals surface area contributed by atoms with Crippen molar-refractivity contribution in [3.05, 3.63) is 29.8 Å². The second-order valence-electron chi connectivity index (χ2n) is 13.2. The molecule has 1 aromatic carbocycles. The summed E-state index contributed by atoms with van der Waals surface area (Å²) in [5, 5.41) is 0. The van der Waals surface area contributed by atoms with E-state index in [4.69, 9.17) is 9.47 Å². The van der Waals surface area contributed by atoms with E-state index in [1.54, 1.807) is 0 Å². The molecule has 2 nitrogen and oxygen atoms in total. The predicted molar refractivity (Wildman–Crippen MR) is 173 cm³/mol. The van der Waals surface area contributed by atoms with Crippen LogP contribution in [0.5, 0.6) is 5.75 Å². The van der Waals surface area contributed by atoms with Gasteiger partial charge in [-0.15, -0.1) is 0 Å². The molecule has 4 fully saturated rings. The quantitative estimate of drug-likeness (QED) is 0.213. The normalized spacial score (nSPS) is 25.5. The van der Waals surface area contributed by atoms with Gasteiger partial charge in [-0.3, -0.25) is 0 Å². The van der Waals surface area contributed by atoms with Crippen LogP contribution in [0.2, 0.25) is 0 Å². The molecular weight excluding hydrogens is 565 g/mol. The van der Waals surface area contributed by atoms with Crippen molar-refractivity contribution in [2.75, 3.05) is 6.61 Å². The van der Waals surface area contributed by atoms with Gasteiger partial charge in [0.1, 0.15) is 5.75 Å². The van der Waals surface area contributed by atoms with E-state index in [1.807, 2.05) is 41.5 Å². The maximum atomic E-state index is 6.75. The third-order valence-electron chi connectivity index (χ3n) is 8.99. The summed E-state index contributed by atoms with van der Waals surface area (Å²) in [4.78, 5) is 0. The summed E-state index contributed by atoms with van der Waals surface area (Å²) in [6.45, 7) is 24.4. The summed E-state index contributed by atoms with van der Waals surface area (Å²) in [6.07, 6.45) is 15.6. The Hall–Kier alpha value is 0.0839. The Labute approximate surface area is 276 Å². The summed E-state index contributed by atoms with van der Waals surface area (Å²) < 4.78 is 13.5. The molecule has 0 spiro atoms. The molecule has 3 heteroatoms. The van der Waals surface area contributed by atoms with Crippen molar-refractivity contribution in [1.29, 1.82) is 0 Å². The molecule has 0 aromatic heterocycles. The fourth-order valence-corrected chi connectivity index (χ4v) is 7.48. The first kappa shape index (κ1) is 40.1. The predicted octanol–water partition coefficient (Wildman–Crippen LogP) is 11.9. The van der Waals surface area contributed by atoms with E-state index in [0.29, 0.717) is 5.41 Å². The molecule has 231 valence electrons. The first-order valence-corrected chi connectivity index (χ1v) is 17.2. The molecule has 2 atom stereocenters. The minimum Gasteiger partial charge on any atom is -0.464 e. The Morgan fingerprint density at radius 2 is 1.30 bits per heavy atom. The van der Waals surface area contributed by atoms with Crippen LogP contribution in [0.25, 0.3) is 0 Å². The van der Waals surface area contributed by atoms with E-state index in [0.717, 1.165) is 42.4 Å². The molecule has 40 heavy (non-hydrogen) atoms. The molecule has 0 amide bonds. The van der Waals surface area contributed by atoms with Crippen LogP contribution in [-0.4, -0.2) is 12.9 Å². The van der Waals surface area contributed by atoms with Gasteiger partial charge < -0.3 is 9.47 Å². The molecule has 2 unspecified atom stereocenters. The van der Waals surface area contributed by atoms with Gasteiger partial charge in [0.2, 0.25) is 6.29 Å². The average Bonchev–Trinajstić information content (AvgIpc) is 2.93. The molecular formula is C37H68O2Y. The summed E-state index contributed by atoms with van der Waals surface area (Å²) in [5.74, 6) is 4.52. The van der Waals surface area contributed by atoms with E-state index >= 15 is 0 Å². The average molecular weight is 634 g/mol. The number of benzene rings is 1. The van der Waals surface area contributed by atoms with Gasteiger partial charge in [-0.1, -0.05) is 108 Å². The minimum atomic E-state index is -0.0783. The summed E-state index contributed by atoms with van der Waals surface area (Å²) in [7, 11) is 0. The van der Waals surface area contributed by atoms with Gasteiger partial charge in [-0.05, 0) is 105 Å². The van der Waals surface area contributed by atoms with E-state index in [-0.39, 0.29) is 44.4 Å². The van der Waals surface area contributed by atoms with Crippen LogP contribution in [0, 0.1) is 34.5 Å². The molecule has 0 N–H and O–H groups in total. The van der Waals surface area contributed by atoms with Gasteiger partial charge in [-0.25, -0.2) is 0 Å². The number of rotatable bonds is 12. The largest absolute Gasteiger partial charge is 0.464 e. The first-order valence-electron chi connectivity index (χ1n) is 17.2. The summed E-state index contributed by atoms with van der Waals surface area (Å²) in [5.41, 5.74) is 2.03. The van der Waals surface area contributed by atoms with Crippen molar-refractivity contribution in [2.24, 2.45) is 34.5 Å². The van der Waals surface area contributed by atoms with Gasteiger partial charge >= 0.3 is 0 Å². The van der Waals surface area contributed by atoms with Gasteiger partial charge in [0.05, 0.1) is 6.61 Å². The third-order valence-corrected chi connectivity index (χ3v) is 8.99. The van der Waals surface area contributed by atoms with E-state index in [1.165, 1.54) is 76.2 Å². The maximum Gasteiger partial charge on any atom is 0.205 e. The van der Waals surface area contributed by atoms with Crippen molar-refractivity contribution in [2.45, 2.75) is 160 Å². The Kier molecular flexibility index (Phi) is 20.9. The Morgan fingerprint density at radius 3 is 1.73 bits per heavy atom. The van der Waals surface area contributed by atoms with Crippen LogP contribution >= 0.6 is 0 Å². The number of ether oxygens (including phenoxy) is 2. The standard InChI is InChI=1S/C31H50O2.3C2H6.Y/c1-6-8-23(7-2)14-16-32-29(31-20-25-17-26(21-31)19-27(18-25)22-31)33-28-11-9-24(10-12-28)13-15-30(3,4)5;3*1-2;/h9-12,23,25-27,29H,6-8,13-22H2,1-5H3;3*1-2H3;. The summed E-state index contributed by atoms with van der Waals surface area (Å²) >= 11 is 0. The molecule has 4 bridgehead atoms. The molecule has 1 radical (unpaired) electrons. The third kappa shape index (κ3) is 12.8. The number of aryl methyl sites for hydroxylation is 1. The molecule has 4 aliphatic carbocycles. The Morgan fingerprint density at radius 1 is 0.800 bits per heavy atom. The zero-order valence-electron chi connectivity index (χ0n) is 28.8. The van der Waals surface area contributed by atoms with Crippen LogP contribution in [0.1, 0.15) is 152 Å². The number of hydrogen-bond donors (Lipinski definition) is 0. The van der Waals surface area contributed by atoms with Crippen molar-refractivity contribution in [1.82, 2.24) is 0 Å². The molecule has 0 heterocycles. The van der Waals surface area contributed by atoms with Crippen molar-refractivity contribution >= 4 is 0 Å². The fraction of sp³-hybridized carbons (Fsp3) is 0.838. The smallest absolute Gasteiger partial charge is 0.205 e. The fourth-order valence-electron chi connectivity index (χ4n) is 7.48. The Bertz CT molecular complexity index is 700. The monoisotopic (exact) mass is 633 g/mol. The van der Waals surface area contributed by atoms with E-state index in [2.05, 4.69) is 58.9 Å². The van der Waals surface area contributed by atoms with Gasteiger partial charge in [0.25, 0.3) is 0 Å². The van der Waals surface area contributed by atoms with Gasteiger partial charge in [0, 0.05) is 38.1 Å². The molecule has 0 aliphatic heterocycles. The zero-order valence-corrected chi connectivity index (χ0v) is 31.6. The van der Waals surface area contributed by atoms with Crippen LogP contribution in [0.15, 0.2) is 24.3 Å². The SMILES string of the molecule is CC.CC.CC.CCCC(CC)CCOC(Oc1ccc(CCC(C)(C)C)cc1)C12CC3CC(CC(C3)C1)C2.[Y]. The molecule has 4 aliphatic rings. The topological polar surface area (TPSA) is 18.5 Å². The minimum absolute atomic E-state index is 0. The van der Waals surface area contributed by atoms with Gasteiger partial charge in [0.15, 0.2) is 0 Å². The van der Waals surface area contributed by atoms with Crippen LogP contribution in [-0.2, 0) is 43.9 Å². The first-order chi connectivity index (χ1) is 18.8. The summed E-state index contributed by atoms with van der Waals surface area (Å²) in [6, 6.07) is 8.93. The Balaban J connectivity index is 0.00000204. The second-order valence-corrected chi connectivity index (χ2v) is 13.2. The van der Waals surface area contributed by atoms with Crippen LogP contribution in [0.3, 0.4) is 0 Å². The molecule has 0 saturated heterocycles. The second kappa shape index (κ2) is 20.9. The molecule has 5 rings (SSSR count). The molecule has 1 aromatic rings. The number of hydrogen-bond acceptors (Lipinski definition) is 2. The van der Waals surface area contributed by atoms with Crippen molar-refractivity contribution in [3.63, 3.8) is 0 Å². The maximum absolute atomic E-state index is 6.75. The van der Waals surface area contributed by atoms with Crippen LogP contribution in [0.4, 0.5) is 0 Å². The van der Waals surface area contributed by atoms with Gasteiger partial charge in [-0.2, -0.15) is 0 Å². The van der Waals surface area contributed by atoms with Crippen LogP contribution < -0.4 is 4.74 Å². The van der Waals surface area contributed by atoms with E-state index < -0.39 is 0 Å².